The molecule has 0 rings (SSSR count). The highest BCUT2D eigenvalue weighted by Crippen LogP contribution is 2.20. The Balaban J connectivity index is 4.24. The lowest BCUT2D eigenvalue weighted by Gasteiger charge is -2.18. The molecule has 0 heterocycles. The third kappa shape index (κ3) is 59.7. The summed E-state index contributed by atoms with van der Waals surface area (Å²) in [7, 11) is 0. The van der Waals surface area contributed by atoms with Crippen LogP contribution >= 0.6 is 0 Å². The Hall–Kier alpha value is -1.59. The van der Waals surface area contributed by atoms with Crippen LogP contribution < -0.4 is 0 Å². The predicted octanol–water partition coefficient (Wildman–Crippen LogP) is 22.9. The van der Waals surface area contributed by atoms with Gasteiger partial charge in [0, 0.05) is 19.3 Å². The summed E-state index contributed by atoms with van der Waals surface area (Å²) in [4.78, 5) is 38.4. The van der Waals surface area contributed by atoms with Gasteiger partial charge in [-0.2, -0.15) is 0 Å². The van der Waals surface area contributed by atoms with Crippen molar-refractivity contribution in [2.45, 2.75) is 400 Å². The molecule has 0 aliphatic carbocycles. The number of unbranched alkanes of at least 4 members (excludes halogenated alkanes) is 49. The number of carbonyl (C=O) groups excluding carboxylic acids is 3. The minimum Gasteiger partial charge on any atom is -0.462 e. The Kier molecular flexibility index (Phi) is 60.9. The molecular weight excluding hydrogens is 913 g/mol. The van der Waals surface area contributed by atoms with E-state index in [9.17, 15) is 14.4 Å². The van der Waals surface area contributed by atoms with Crippen molar-refractivity contribution in [3.05, 3.63) is 0 Å². The fourth-order valence-electron chi connectivity index (χ4n) is 10.7. The van der Waals surface area contributed by atoms with E-state index >= 15 is 0 Å². The first-order valence-corrected chi connectivity index (χ1v) is 33.9. The highest BCUT2D eigenvalue weighted by molar-refractivity contribution is 5.71. The van der Waals surface area contributed by atoms with Crippen LogP contribution in [-0.4, -0.2) is 37.2 Å². The molecule has 0 radical (unpaired) electrons. The molecule has 1 unspecified atom stereocenters. The second-order valence-corrected chi connectivity index (χ2v) is 23.7. The summed E-state index contributed by atoms with van der Waals surface area (Å²) >= 11 is 0. The van der Waals surface area contributed by atoms with E-state index in [1.165, 1.54) is 289 Å². The van der Waals surface area contributed by atoms with Crippen LogP contribution in [0.4, 0.5) is 0 Å². The van der Waals surface area contributed by atoms with E-state index in [1.54, 1.807) is 0 Å². The first-order chi connectivity index (χ1) is 36.4. The number of ether oxygens (including phenoxy) is 3. The summed E-state index contributed by atoms with van der Waals surface area (Å²) in [6, 6.07) is 0. The molecule has 6 heteroatoms. The number of carbonyl (C=O) groups is 3. The van der Waals surface area contributed by atoms with Gasteiger partial charge in [0.2, 0.25) is 0 Å². The maximum absolute atomic E-state index is 12.9. The monoisotopic (exact) mass is 1050 g/mol. The van der Waals surface area contributed by atoms with Gasteiger partial charge in [-0.15, -0.1) is 0 Å². The lowest BCUT2D eigenvalue weighted by Crippen LogP contribution is -2.30. The Morgan fingerprint density at radius 2 is 0.473 bits per heavy atom. The molecule has 0 aromatic carbocycles. The summed E-state index contributed by atoms with van der Waals surface area (Å²) in [5.74, 6) is 0.0869. The van der Waals surface area contributed by atoms with Gasteiger partial charge in [0.15, 0.2) is 6.10 Å². The summed E-state index contributed by atoms with van der Waals surface area (Å²) in [6.45, 7) is 9.14. The molecule has 0 bridgehead atoms. The predicted molar refractivity (Wildman–Crippen MR) is 321 cm³/mol. The molecule has 0 saturated carbocycles. The molecule has 0 aliphatic rings. The van der Waals surface area contributed by atoms with Gasteiger partial charge in [0.25, 0.3) is 0 Å². The fourth-order valence-corrected chi connectivity index (χ4v) is 10.7. The van der Waals surface area contributed by atoms with Crippen molar-refractivity contribution in [1.82, 2.24) is 0 Å². The molecule has 6 nitrogen and oxygen atoms in total. The van der Waals surface area contributed by atoms with E-state index in [0.29, 0.717) is 19.3 Å². The number of rotatable bonds is 63. The van der Waals surface area contributed by atoms with Gasteiger partial charge in [-0.05, 0) is 25.2 Å². The van der Waals surface area contributed by atoms with Crippen molar-refractivity contribution in [2.75, 3.05) is 13.2 Å². The van der Waals surface area contributed by atoms with Crippen molar-refractivity contribution in [1.29, 1.82) is 0 Å². The van der Waals surface area contributed by atoms with Gasteiger partial charge in [0.1, 0.15) is 13.2 Å². The smallest absolute Gasteiger partial charge is 0.306 e. The summed E-state index contributed by atoms with van der Waals surface area (Å²) in [6.07, 6.45) is 71.1. The minimum atomic E-state index is -0.763. The van der Waals surface area contributed by atoms with E-state index in [0.717, 1.165) is 63.7 Å². The first-order valence-electron chi connectivity index (χ1n) is 33.9. The lowest BCUT2D eigenvalue weighted by atomic mass is 9.99. The minimum absolute atomic E-state index is 0.0608. The Morgan fingerprint density at radius 3 is 0.703 bits per heavy atom. The number of hydrogen-bond acceptors (Lipinski definition) is 6. The second-order valence-electron chi connectivity index (χ2n) is 23.7. The third-order valence-corrected chi connectivity index (χ3v) is 16.2. The van der Waals surface area contributed by atoms with Gasteiger partial charge in [-0.3, -0.25) is 14.4 Å². The molecule has 0 fully saturated rings. The van der Waals surface area contributed by atoms with E-state index in [2.05, 4.69) is 27.7 Å². The molecule has 0 saturated heterocycles. The second kappa shape index (κ2) is 62.3. The largest absolute Gasteiger partial charge is 0.462 e. The van der Waals surface area contributed by atoms with Gasteiger partial charge in [0.05, 0.1) is 0 Å². The SMILES string of the molecule is CCCCCCCCCCCCCCCCCCCCCC(=O)OC[C@H](COC(=O)CCCCCCCCCCCCCCCCCCCCC(C)CC)OC(=O)CCCCCCCCCCCCCCCCC. The van der Waals surface area contributed by atoms with Crippen LogP contribution in [0.5, 0.6) is 0 Å². The average molecular weight is 1050 g/mol. The Morgan fingerprint density at radius 1 is 0.270 bits per heavy atom. The molecule has 0 N–H and O–H groups in total. The van der Waals surface area contributed by atoms with Gasteiger partial charge < -0.3 is 14.2 Å². The molecular formula is C68H132O6. The maximum Gasteiger partial charge on any atom is 0.306 e. The topological polar surface area (TPSA) is 78.9 Å². The molecule has 0 aliphatic heterocycles. The molecule has 0 spiro atoms. The zero-order valence-electron chi connectivity index (χ0n) is 50.8. The molecule has 74 heavy (non-hydrogen) atoms. The van der Waals surface area contributed by atoms with Crippen molar-refractivity contribution in [3.8, 4) is 0 Å². The van der Waals surface area contributed by atoms with E-state index < -0.39 is 6.10 Å². The highest BCUT2D eigenvalue weighted by Gasteiger charge is 2.19. The molecule has 0 aromatic heterocycles. The van der Waals surface area contributed by atoms with Crippen LogP contribution in [-0.2, 0) is 28.6 Å². The van der Waals surface area contributed by atoms with Crippen molar-refractivity contribution in [2.24, 2.45) is 5.92 Å². The number of esters is 3. The Labute approximate surface area is 463 Å². The van der Waals surface area contributed by atoms with E-state index in [1.807, 2.05) is 0 Å². The van der Waals surface area contributed by atoms with Crippen molar-refractivity contribution < 1.29 is 28.6 Å². The number of hydrogen-bond donors (Lipinski definition) is 0. The zero-order chi connectivity index (χ0) is 53.7. The maximum atomic E-state index is 12.9. The normalized spacial score (nSPS) is 12.3. The quantitative estimate of drug-likeness (QED) is 0.0343. The first kappa shape index (κ1) is 72.4. The van der Waals surface area contributed by atoms with E-state index in [4.69, 9.17) is 14.2 Å². The van der Waals surface area contributed by atoms with Crippen molar-refractivity contribution >= 4 is 17.9 Å². The lowest BCUT2D eigenvalue weighted by molar-refractivity contribution is -0.167. The van der Waals surface area contributed by atoms with Crippen molar-refractivity contribution in [3.63, 3.8) is 0 Å². The molecule has 2 atom stereocenters. The third-order valence-electron chi connectivity index (χ3n) is 16.2. The van der Waals surface area contributed by atoms with E-state index in [-0.39, 0.29) is 31.1 Å². The summed E-state index contributed by atoms with van der Waals surface area (Å²) < 4.78 is 17.0. The zero-order valence-corrected chi connectivity index (χ0v) is 50.8. The van der Waals surface area contributed by atoms with Crippen LogP contribution in [0.1, 0.15) is 394 Å². The van der Waals surface area contributed by atoms with Gasteiger partial charge in [-0.25, -0.2) is 0 Å². The standard InChI is InChI=1S/C68H132O6/c1-5-8-10-12-14-16-18-20-22-23-24-28-32-35-39-43-47-51-55-59-66(69)72-62-65(74-68(71)61-57-53-49-45-41-37-30-21-19-17-15-13-11-9-6-2)63-73-67(70)60-56-52-48-44-40-36-33-29-26-25-27-31-34-38-42-46-50-54-58-64(4)7-3/h64-65H,5-63H2,1-4H3/t64?,65-/m1/s1. The van der Waals surface area contributed by atoms with Crippen LogP contribution in [0.25, 0.3) is 0 Å². The molecule has 440 valence electrons. The van der Waals surface area contributed by atoms with Crippen LogP contribution in [0.2, 0.25) is 0 Å². The molecule has 0 amide bonds. The summed E-state index contributed by atoms with van der Waals surface area (Å²) in [5, 5.41) is 0. The highest BCUT2D eigenvalue weighted by atomic mass is 16.6. The van der Waals surface area contributed by atoms with Crippen LogP contribution in [0.3, 0.4) is 0 Å². The Bertz CT molecular complexity index is 1120. The summed E-state index contributed by atoms with van der Waals surface area (Å²) in [5.41, 5.74) is 0. The van der Waals surface area contributed by atoms with Crippen LogP contribution in [0.15, 0.2) is 0 Å². The average Bonchev–Trinajstić information content (AvgIpc) is 3.40. The fraction of sp³-hybridized carbons (Fsp3) is 0.956. The van der Waals surface area contributed by atoms with Crippen LogP contribution in [0, 0.1) is 5.92 Å². The van der Waals surface area contributed by atoms with Gasteiger partial charge in [-0.1, -0.05) is 355 Å². The molecule has 0 aromatic rings. The van der Waals surface area contributed by atoms with Gasteiger partial charge >= 0.3 is 17.9 Å².